The van der Waals surface area contributed by atoms with Crippen molar-refractivity contribution in [2.24, 2.45) is 0 Å². The molecule has 134 valence electrons. The highest BCUT2D eigenvalue weighted by molar-refractivity contribution is 5.78. The lowest BCUT2D eigenvalue weighted by Crippen LogP contribution is -2.49. The van der Waals surface area contributed by atoms with Gasteiger partial charge in [-0.15, -0.1) is 0 Å². The van der Waals surface area contributed by atoms with Gasteiger partial charge in [-0.05, 0) is 27.1 Å². The Hall–Kier alpha value is -1.63. The fraction of sp³-hybridized carbons (Fsp3) is 0.611. The van der Waals surface area contributed by atoms with Gasteiger partial charge in [0.25, 0.3) is 0 Å². The SMILES string of the molecule is COc1ccccc1[C@@H](C)NC(=O)CN1CCO[C@@H](CN(C)C)C1. The first kappa shape index (κ1) is 18.7. The van der Waals surface area contributed by atoms with E-state index < -0.39 is 0 Å². The summed E-state index contributed by atoms with van der Waals surface area (Å²) < 4.78 is 11.1. The van der Waals surface area contributed by atoms with Crippen LogP contribution in [0.3, 0.4) is 0 Å². The third-order valence-electron chi connectivity index (χ3n) is 4.14. The summed E-state index contributed by atoms with van der Waals surface area (Å²) in [4.78, 5) is 16.6. The normalized spacial score (nSPS) is 20.0. The minimum absolute atomic E-state index is 0.0268. The van der Waals surface area contributed by atoms with Crippen molar-refractivity contribution in [2.75, 3.05) is 54.0 Å². The molecule has 2 atom stereocenters. The van der Waals surface area contributed by atoms with Crippen LogP contribution in [0.4, 0.5) is 0 Å². The minimum atomic E-state index is -0.0905. The van der Waals surface area contributed by atoms with Crippen LogP contribution in [0.2, 0.25) is 0 Å². The highest BCUT2D eigenvalue weighted by Crippen LogP contribution is 2.24. The lowest BCUT2D eigenvalue weighted by Gasteiger charge is -2.34. The van der Waals surface area contributed by atoms with Crippen LogP contribution in [0.1, 0.15) is 18.5 Å². The van der Waals surface area contributed by atoms with Gasteiger partial charge >= 0.3 is 0 Å². The first-order valence-corrected chi connectivity index (χ1v) is 8.40. The Balaban J connectivity index is 1.86. The van der Waals surface area contributed by atoms with E-state index in [0.29, 0.717) is 13.2 Å². The topological polar surface area (TPSA) is 54.0 Å². The molecule has 1 aliphatic heterocycles. The minimum Gasteiger partial charge on any atom is -0.496 e. The number of morpholine rings is 1. The van der Waals surface area contributed by atoms with Crippen LogP contribution in [0, 0.1) is 0 Å². The zero-order valence-corrected chi connectivity index (χ0v) is 15.1. The maximum absolute atomic E-state index is 12.4. The molecule has 6 heteroatoms. The van der Waals surface area contributed by atoms with Crippen molar-refractivity contribution in [3.8, 4) is 5.75 Å². The maximum atomic E-state index is 12.4. The molecule has 6 nitrogen and oxygen atoms in total. The van der Waals surface area contributed by atoms with Crippen LogP contribution in [0.25, 0.3) is 0 Å². The maximum Gasteiger partial charge on any atom is 0.234 e. The van der Waals surface area contributed by atoms with Crippen molar-refractivity contribution >= 4 is 5.91 Å². The molecule has 0 aromatic heterocycles. The highest BCUT2D eigenvalue weighted by atomic mass is 16.5. The van der Waals surface area contributed by atoms with E-state index in [9.17, 15) is 4.79 Å². The smallest absolute Gasteiger partial charge is 0.234 e. The number of benzene rings is 1. The van der Waals surface area contributed by atoms with Crippen LogP contribution in [-0.4, -0.2) is 75.8 Å². The third-order valence-corrected chi connectivity index (χ3v) is 4.14. The first-order chi connectivity index (χ1) is 11.5. The van der Waals surface area contributed by atoms with Crippen molar-refractivity contribution in [2.45, 2.75) is 19.1 Å². The molecule has 1 fully saturated rings. The fourth-order valence-corrected chi connectivity index (χ4v) is 3.03. The van der Waals surface area contributed by atoms with E-state index in [1.54, 1.807) is 7.11 Å². The molecule has 0 unspecified atom stereocenters. The Morgan fingerprint density at radius 3 is 2.92 bits per heavy atom. The van der Waals surface area contributed by atoms with E-state index in [1.165, 1.54) is 0 Å². The number of methoxy groups -OCH3 is 1. The van der Waals surface area contributed by atoms with E-state index in [2.05, 4.69) is 15.1 Å². The summed E-state index contributed by atoms with van der Waals surface area (Å²) in [6.45, 7) is 5.50. The molecule has 0 saturated carbocycles. The largest absolute Gasteiger partial charge is 0.496 e. The van der Waals surface area contributed by atoms with E-state index in [4.69, 9.17) is 9.47 Å². The number of carbonyl (C=O) groups is 1. The Kier molecular flexibility index (Phi) is 7.02. The average molecular weight is 335 g/mol. The van der Waals surface area contributed by atoms with E-state index in [1.807, 2.05) is 45.3 Å². The molecule has 24 heavy (non-hydrogen) atoms. The van der Waals surface area contributed by atoms with Gasteiger partial charge in [0.1, 0.15) is 5.75 Å². The molecular formula is C18H29N3O3. The number of ether oxygens (including phenoxy) is 2. The average Bonchev–Trinajstić information content (AvgIpc) is 2.54. The number of rotatable bonds is 7. The standard InChI is InChI=1S/C18H29N3O3/c1-14(16-7-5-6-8-17(16)23-4)19-18(22)13-21-9-10-24-15(12-21)11-20(2)3/h5-8,14-15H,9-13H2,1-4H3,(H,19,22)/t14-,15+/m1/s1. The second-order valence-corrected chi connectivity index (χ2v) is 6.52. The van der Waals surface area contributed by atoms with Gasteiger partial charge in [0.2, 0.25) is 5.91 Å². The molecular weight excluding hydrogens is 306 g/mol. The molecule has 1 saturated heterocycles. The van der Waals surface area contributed by atoms with Gasteiger partial charge in [0.15, 0.2) is 0 Å². The van der Waals surface area contributed by atoms with Gasteiger partial charge in [0, 0.05) is 25.2 Å². The molecule has 1 aliphatic rings. The molecule has 1 N–H and O–H groups in total. The van der Waals surface area contributed by atoms with Crippen molar-refractivity contribution < 1.29 is 14.3 Å². The summed E-state index contributed by atoms with van der Waals surface area (Å²) in [6, 6.07) is 7.67. The molecule has 0 aliphatic carbocycles. The molecule has 1 amide bonds. The van der Waals surface area contributed by atoms with Gasteiger partial charge in [-0.2, -0.15) is 0 Å². The van der Waals surface area contributed by atoms with Crippen molar-refractivity contribution in [1.82, 2.24) is 15.1 Å². The van der Waals surface area contributed by atoms with Crippen molar-refractivity contribution in [3.05, 3.63) is 29.8 Å². The third kappa shape index (κ3) is 5.47. The second kappa shape index (κ2) is 9.01. The number of para-hydroxylation sites is 1. The molecule has 1 aromatic rings. The number of nitrogens with zero attached hydrogens (tertiary/aromatic N) is 2. The second-order valence-electron chi connectivity index (χ2n) is 6.52. The van der Waals surface area contributed by atoms with Crippen LogP contribution >= 0.6 is 0 Å². The Bertz CT molecular complexity index is 536. The predicted molar refractivity (Wildman–Crippen MR) is 94.3 cm³/mol. The van der Waals surface area contributed by atoms with E-state index >= 15 is 0 Å². The van der Waals surface area contributed by atoms with Gasteiger partial charge in [0.05, 0.1) is 32.4 Å². The Labute approximate surface area is 144 Å². The fourth-order valence-electron chi connectivity index (χ4n) is 3.03. The number of likely N-dealkylation sites (N-methyl/N-ethyl adjacent to an activating group) is 1. The molecule has 0 radical (unpaired) electrons. The van der Waals surface area contributed by atoms with Crippen LogP contribution < -0.4 is 10.1 Å². The zero-order chi connectivity index (χ0) is 17.5. The van der Waals surface area contributed by atoms with Gasteiger partial charge in [-0.25, -0.2) is 0 Å². The van der Waals surface area contributed by atoms with Crippen molar-refractivity contribution in [3.63, 3.8) is 0 Å². The highest BCUT2D eigenvalue weighted by Gasteiger charge is 2.23. The predicted octanol–water partition coefficient (Wildman–Crippen LogP) is 1.13. The molecule has 1 heterocycles. The molecule has 2 rings (SSSR count). The summed E-state index contributed by atoms with van der Waals surface area (Å²) >= 11 is 0. The Morgan fingerprint density at radius 2 is 2.21 bits per heavy atom. The molecule has 1 aromatic carbocycles. The lowest BCUT2D eigenvalue weighted by molar-refractivity contribution is -0.125. The number of hydrogen-bond donors (Lipinski definition) is 1. The zero-order valence-electron chi connectivity index (χ0n) is 15.1. The number of carbonyl (C=O) groups excluding carboxylic acids is 1. The number of hydrogen-bond acceptors (Lipinski definition) is 5. The summed E-state index contributed by atoms with van der Waals surface area (Å²) in [7, 11) is 5.71. The van der Waals surface area contributed by atoms with Crippen LogP contribution in [0.5, 0.6) is 5.75 Å². The quantitative estimate of drug-likeness (QED) is 0.810. The van der Waals surface area contributed by atoms with Gasteiger partial charge in [-0.1, -0.05) is 18.2 Å². The lowest BCUT2D eigenvalue weighted by atomic mass is 10.1. The van der Waals surface area contributed by atoms with Gasteiger partial charge in [-0.3, -0.25) is 9.69 Å². The van der Waals surface area contributed by atoms with E-state index in [-0.39, 0.29) is 18.1 Å². The first-order valence-electron chi connectivity index (χ1n) is 8.40. The van der Waals surface area contributed by atoms with Crippen LogP contribution in [-0.2, 0) is 9.53 Å². The van der Waals surface area contributed by atoms with Crippen molar-refractivity contribution in [1.29, 1.82) is 0 Å². The summed E-state index contributed by atoms with van der Waals surface area (Å²) in [5, 5.41) is 3.06. The van der Waals surface area contributed by atoms with Gasteiger partial charge < -0.3 is 19.7 Å². The van der Waals surface area contributed by atoms with Crippen LogP contribution in [0.15, 0.2) is 24.3 Å². The van der Waals surface area contributed by atoms with E-state index in [0.717, 1.165) is 30.9 Å². The number of nitrogens with one attached hydrogen (secondary N) is 1. The summed E-state index contributed by atoms with van der Waals surface area (Å²) in [6.07, 6.45) is 0.160. The number of amides is 1. The molecule has 0 spiro atoms. The molecule has 0 bridgehead atoms. The summed E-state index contributed by atoms with van der Waals surface area (Å²) in [5.74, 6) is 0.821. The Morgan fingerprint density at radius 1 is 1.46 bits per heavy atom. The monoisotopic (exact) mass is 335 g/mol. The summed E-state index contributed by atoms with van der Waals surface area (Å²) in [5.41, 5.74) is 0.987.